The molecule has 1 aromatic rings. The average molecular weight is 362 g/mol. The van der Waals surface area contributed by atoms with Gasteiger partial charge in [-0.2, -0.15) is 0 Å². The van der Waals surface area contributed by atoms with E-state index >= 15 is 0 Å². The molecule has 0 saturated carbocycles. The van der Waals surface area contributed by atoms with Gasteiger partial charge in [0.15, 0.2) is 0 Å². The van der Waals surface area contributed by atoms with Gasteiger partial charge < -0.3 is 5.32 Å². The van der Waals surface area contributed by atoms with Gasteiger partial charge in [-0.05, 0) is 30.2 Å². The number of benzene rings is 1. The Labute approximate surface area is 120 Å². The Hall–Kier alpha value is 0.1000. The summed E-state index contributed by atoms with van der Waals surface area (Å²) in [5.74, 6) is 0. The zero-order valence-electron chi connectivity index (χ0n) is 10.0. The number of nitrogens with one attached hydrogen (secondary N) is 1. The molecule has 2 nitrogen and oxygen atoms in total. The van der Waals surface area contributed by atoms with E-state index in [1.807, 2.05) is 0 Å². The second kappa shape index (κ2) is 6.32. The van der Waals surface area contributed by atoms with Crippen LogP contribution >= 0.6 is 31.9 Å². The minimum absolute atomic E-state index is 0.518. The summed E-state index contributed by atoms with van der Waals surface area (Å²) in [7, 11) is 0. The van der Waals surface area contributed by atoms with E-state index in [9.17, 15) is 0 Å². The molecule has 1 aliphatic heterocycles. The molecule has 0 bridgehead atoms. The number of halogens is 2. The normalized spacial score (nSPS) is 19.2. The van der Waals surface area contributed by atoms with Crippen LogP contribution in [0.3, 0.4) is 0 Å². The van der Waals surface area contributed by atoms with E-state index in [0.717, 1.165) is 37.1 Å². The van der Waals surface area contributed by atoms with Crippen LogP contribution in [0.4, 0.5) is 0 Å². The number of hydrogen-bond acceptors (Lipinski definition) is 2. The fraction of sp³-hybridized carbons (Fsp3) is 0.538. The molecular weight excluding hydrogens is 344 g/mol. The smallest absolute Gasteiger partial charge is 0.0358 e. The molecule has 17 heavy (non-hydrogen) atoms. The van der Waals surface area contributed by atoms with Crippen molar-refractivity contribution in [1.82, 2.24) is 10.2 Å². The molecule has 1 saturated heterocycles. The highest BCUT2D eigenvalue weighted by molar-refractivity contribution is 9.11. The zero-order valence-corrected chi connectivity index (χ0v) is 13.2. The van der Waals surface area contributed by atoms with E-state index in [1.54, 1.807) is 0 Å². The topological polar surface area (TPSA) is 15.3 Å². The Morgan fingerprint density at radius 3 is 2.65 bits per heavy atom. The van der Waals surface area contributed by atoms with E-state index in [4.69, 9.17) is 0 Å². The van der Waals surface area contributed by atoms with Crippen LogP contribution < -0.4 is 5.32 Å². The molecule has 1 fully saturated rings. The first-order valence-electron chi connectivity index (χ1n) is 6.12. The molecule has 1 N–H and O–H groups in total. The van der Waals surface area contributed by atoms with Crippen molar-refractivity contribution in [3.63, 3.8) is 0 Å². The molecule has 0 spiro atoms. The average Bonchev–Trinajstić information content (AvgIpc) is 2.36. The van der Waals surface area contributed by atoms with Crippen molar-refractivity contribution in [2.24, 2.45) is 0 Å². The van der Waals surface area contributed by atoms with Crippen molar-refractivity contribution < 1.29 is 0 Å². The van der Waals surface area contributed by atoms with Crippen LogP contribution in [0.2, 0.25) is 0 Å². The fourth-order valence-corrected chi connectivity index (χ4v) is 3.33. The third-order valence-corrected chi connectivity index (χ3v) is 4.51. The summed E-state index contributed by atoms with van der Waals surface area (Å²) in [5.41, 5.74) is 1.39. The minimum atomic E-state index is 0.518. The standard InChI is InChI=1S/C13H18Br2N2/c1-2-13(17-7-5-16-6-8-17)11-9-10(14)3-4-12(11)15/h3-4,9,13,16H,2,5-8H2,1H3/t13-/m0/s1. The Balaban J connectivity index is 2.24. The lowest BCUT2D eigenvalue weighted by Crippen LogP contribution is -2.45. The lowest BCUT2D eigenvalue weighted by molar-refractivity contribution is 0.169. The van der Waals surface area contributed by atoms with Crippen LogP contribution in [-0.2, 0) is 0 Å². The maximum Gasteiger partial charge on any atom is 0.0358 e. The number of nitrogens with zero attached hydrogens (tertiary/aromatic N) is 1. The van der Waals surface area contributed by atoms with Gasteiger partial charge in [-0.3, -0.25) is 4.90 Å². The first-order chi connectivity index (χ1) is 8.22. The molecule has 0 aromatic heterocycles. The fourth-order valence-electron chi connectivity index (χ4n) is 2.44. The monoisotopic (exact) mass is 360 g/mol. The first kappa shape index (κ1) is 13.5. The van der Waals surface area contributed by atoms with Gasteiger partial charge in [0.2, 0.25) is 0 Å². The van der Waals surface area contributed by atoms with Crippen LogP contribution in [0.15, 0.2) is 27.1 Å². The highest BCUT2D eigenvalue weighted by atomic mass is 79.9. The van der Waals surface area contributed by atoms with Crippen LogP contribution in [0.1, 0.15) is 24.9 Å². The lowest BCUT2D eigenvalue weighted by atomic mass is 10.0. The van der Waals surface area contributed by atoms with Crippen molar-refractivity contribution in [2.45, 2.75) is 19.4 Å². The van der Waals surface area contributed by atoms with E-state index in [-0.39, 0.29) is 0 Å². The van der Waals surface area contributed by atoms with Gasteiger partial charge in [0.25, 0.3) is 0 Å². The summed E-state index contributed by atoms with van der Waals surface area (Å²) in [5, 5.41) is 3.41. The highest BCUT2D eigenvalue weighted by Crippen LogP contribution is 2.32. The van der Waals surface area contributed by atoms with Gasteiger partial charge in [0.05, 0.1) is 0 Å². The van der Waals surface area contributed by atoms with Crippen LogP contribution in [0, 0.1) is 0 Å². The van der Waals surface area contributed by atoms with Crippen LogP contribution in [-0.4, -0.2) is 31.1 Å². The molecule has 4 heteroatoms. The van der Waals surface area contributed by atoms with Gasteiger partial charge in [-0.15, -0.1) is 0 Å². The van der Waals surface area contributed by atoms with E-state index in [2.05, 4.69) is 67.2 Å². The summed E-state index contributed by atoms with van der Waals surface area (Å²) in [6.45, 7) is 6.74. The molecular formula is C13H18Br2N2. The third kappa shape index (κ3) is 3.31. The largest absolute Gasteiger partial charge is 0.314 e. The van der Waals surface area contributed by atoms with Crippen molar-refractivity contribution in [2.75, 3.05) is 26.2 Å². The summed E-state index contributed by atoms with van der Waals surface area (Å²) >= 11 is 7.24. The molecule has 1 heterocycles. The predicted molar refractivity (Wildman–Crippen MR) is 79.3 cm³/mol. The molecule has 0 aliphatic carbocycles. The number of hydrogen-bond donors (Lipinski definition) is 1. The van der Waals surface area contributed by atoms with Crippen molar-refractivity contribution in [1.29, 1.82) is 0 Å². The molecule has 2 rings (SSSR count). The van der Waals surface area contributed by atoms with Gasteiger partial charge in [-0.1, -0.05) is 38.8 Å². The zero-order chi connectivity index (χ0) is 12.3. The van der Waals surface area contributed by atoms with E-state index in [0.29, 0.717) is 6.04 Å². The van der Waals surface area contributed by atoms with Crippen molar-refractivity contribution in [3.8, 4) is 0 Å². The molecule has 1 aliphatic rings. The number of rotatable bonds is 3. The minimum Gasteiger partial charge on any atom is -0.314 e. The second-order valence-electron chi connectivity index (χ2n) is 4.38. The molecule has 0 unspecified atom stereocenters. The molecule has 0 amide bonds. The van der Waals surface area contributed by atoms with Crippen molar-refractivity contribution >= 4 is 31.9 Å². The first-order valence-corrected chi connectivity index (χ1v) is 7.70. The Morgan fingerprint density at radius 2 is 2.00 bits per heavy atom. The Morgan fingerprint density at radius 1 is 1.29 bits per heavy atom. The van der Waals surface area contributed by atoms with Gasteiger partial charge in [-0.25, -0.2) is 0 Å². The highest BCUT2D eigenvalue weighted by Gasteiger charge is 2.22. The Bertz CT molecular complexity index is 376. The van der Waals surface area contributed by atoms with Gasteiger partial charge in [0.1, 0.15) is 0 Å². The van der Waals surface area contributed by atoms with Crippen LogP contribution in [0.25, 0.3) is 0 Å². The van der Waals surface area contributed by atoms with Crippen molar-refractivity contribution in [3.05, 3.63) is 32.7 Å². The van der Waals surface area contributed by atoms with E-state index in [1.165, 1.54) is 10.0 Å². The molecule has 1 atom stereocenters. The molecule has 94 valence electrons. The summed E-state index contributed by atoms with van der Waals surface area (Å²) < 4.78 is 2.37. The maximum absolute atomic E-state index is 3.68. The van der Waals surface area contributed by atoms with Gasteiger partial charge >= 0.3 is 0 Å². The summed E-state index contributed by atoms with van der Waals surface area (Å²) in [6, 6.07) is 6.96. The quantitative estimate of drug-likeness (QED) is 0.885. The van der Waals surface area contributed by atoms with Crippen LogP contribution in [0.5, 0.6) is 0 Å². The number of piperazine rings is 1. The lowest BCUT2D eigenvalue weighted by Gasteiger charge is -2.35. The third-order valence-electron chi connectivity index (χ3n) is 3.30. The van der Waals surface area contributed by atoms with E-state index < -0.39 is 0 Å². The Kier molecular flexibility index (Phi) is 5.03. The molecule has 0 radical (unpaired) electrons. The summed E-state index contributed by atoms with van der Waals surface area (Å²) in [4.78, 5) is 2.57. The second-order valence-corrected chi connectivity index (χ2v) is 6.15. The predicted octanol–water partition coefficient (Wildman–Crippen LogP) is 3.57. The summed E-state index contributed by atoms with van der Waals surface area (Å²) in [6.07, 6.45) is 1.15. The molecule has 1 aromatic carbocycles. The SMILES string of the molecule is CC[C@@H](c1cc(Br)ccc1Br)N1CCNCC1. The van der Waals surface area contributed by atoms with Gasteiger partial charge in [0, 0.05) is 41.2 Å². The maximum atomic E-state index is 3.68.